The lowest BCUT2D eigenvalue weighted by atomic mass is 10.1. The standard InChI is InChI=1S/C16H10F4N4/c17-14-4-2-1-3-11(14)9-10-24-22-15(21-23-24)12-5-7-13(8-6-12)16(18,19)20/h1-10H/b10-9+. The highest BCUT2D eigenvalue weighted by Crippen LogP contribution is 2.30. The van der Waals surface area contributed by atoms with Crippen LogP contribution in [0, 0.1) is 5.82 Å². The molecule has 0 unspecified atom stereocenters. The molecule has 3 rings (SSSR count). The van der Waals surface area contributed by atoms with Crippen LogP contribution in [0.15, 0.2) is 48.5 Å². The monoisotopic (exact) mass is 334 g/mol. The minimum Gasteiger partial charge on any atom is -0.206 e. The van der Waals surface area contributed by atoms with E-state index in [9.17, 15) is 17.6 Å². The molecular weight excluding hydrogens is 324 g/mol. The first-order chi connectivity index (χ1) is 11.4. The predicted octanol–water partition coefficient (Wildman–Crippen LogP) is 4.13. The van der Waals surface area contributed by atoms with Crippen molar-refractivity contribution in [1.82, 2.24) is 20.2 Å². The van der Waals surface area contributed by atoms with E-state index in [1.54, 1.807) is 18.2 Å². The molecule has 0 spiro atoms. The normalized spacial score (nSPS) is 12.0. The third kappa shape index (κ3) is 3.48. The van der Waals surface area contributed by atoms with Gasteiger partial charge in [0.05, 0.1) is 11.8 Å². The second-order valence-corrected chi connectivity index (χ2v) is 4.85. The zero-order valence-electron chi connectivity index (χ0n) is 12.1. The first-order valence-corrected chi connectivity index (χ1v) is 6.83. The molecule has 0 radical (unpaired) electrons. The molecule has 1 aromatic heterocycles. The lowest BCUT2D eigenvalue weighted by Crippen LogP contribution is -2.04. The van der Waals surface area contributed by atoms with Gasteiger partial charge in [0, 0.05) is 11.1 Å². The van der Waals surface area contributed by atoms with Crippen LogP contribution in [-0.2, 0) is 6.18 Å². The fourth-order valence-corrected chi connectivity index (χ4v) is 1.97. The number of rotatable bonds is 3. The van der Waals surface area contributed by atoms with Gasteiger partial charge in [-0.05, 0) is 29.5 Å². The molecular formula is C16H10F4N4. The lowest BCUT2D eigenvalue weighted by molar-refractivity contribution is -0.137. The topological polar surface area (TPSA) is 43.6 Å². The van der Waals surface area contributed by atoms with E-state index in [0.717, 1.165) is 16.9 Å². The second kappa shape index (κ2) is 6.23. The molecule has 0 amide bonds. The highest BCUT2D eigenvalue weighted by atomic mass is 19.4. The van der Waals surface area contributed by atoms with Gasteiger partial charge in [-0.3, -0.25) is 0 Å². The van der Waals surface area contributed by atoms with Crippen molar-refractivity contribution in [2.75, 3.05) is 0 Å². The Kier molecular flexibility index (Phi) is 4.11. The number of tetrazole rings is 1. The van der Waals surface area contributed by atoms with E-state index < -0.39 is 17.6 Å². The summed E-state index contributed by atoms with van der Waals surface area (Å²) < 4.78 is 51.1. The van der Waals surface area contributed by atoms with Crippen molar-refractivity contribution in [3.63, 3.8) is 0 Å². The summed E-state index contributed by atoms with van der Waals surface area (Å²) in [5.41, 5.74) is -0.00230. The number of aromatic nitrogens is 4. The molecule has 2 aromatic carbocycles. The second-order valence-electron chi connectivity index (χ2n) is 4.85. The smallest absolute Gasteiger partial charge is 0.206 e. The van der Waals surface area contributed by atoms with Gasteiger partial charge >= 0.3 is 6.18 Å². The Balaban J connectivity index is 1.80. The van der Waals surface area contributed by atoms with Crippen LogP contribution in [0.5, 0.6) is 0 Å². The van der Waals surface area contributed by atoms with Gasteiger partial charge in [0.15, 0.2) is 0 Å². The Hall–Kier alpha value is -3.03. The molecule has 1 heterocycles. The van der Waals surface area contributed by atoms with Gasteiger partial charge in [-0.2, -0.15) is 13.2 Å². The summed E-state index contributed by atoms with van der Waals surface area (Å²) in [5.74, 6) is -0.223. The maximum Gasteiger partial charge on any atom is 0.416 e. The SMILES string of the molecule is Fc1ccccc1/C=C/n1nnc(-c2ccc(C(F)(F)F)cc2)n1. The van der Waals surface area contributed by atoms with Crippen molar-refractivity contribution in [2.45, 2.75) is 6.18 Å². The van der Waals surface area contributed by atoms with Crippen LogP contribution in [0.25, 0.3) is 23.7 Å². The Morgan fingerprint density at radius 1 is 0.958 bits per heavy atom. The minimum absolute atomic E-state index is 0.168. The van der Waals surface area contributed by atoms with Gasteiger partial charge in [0.1, 0.15) is 5.82 Å². The fraction of sp³-hybridized carbons (Fsp3) is 0.0625. The van der Waals surface area contributed by atoms with E-state index in [0.29, 0.717) is 11.1 Å². The molecule has 0 aliphatic heterocycles. The first-order valence-electron chi connectivity index (χ1n) is 6.83. The maximum absolute atomic E-state index is 13.5. The van der Waals surface area contributed by atoms with Crippen molar-refractivity contribution in [2.24, 2.45) is 0 Å². The quantitative estimate of drug-likeness (QED) is 0.677. The van der Waals surface area contributed by atoms with Crippen LogP contribution in [0.3, 0.4) is 0 Å². The molecule has 0 atom stereocenters. The van der Waals surface area contributed by atoms with Crippen LogP contribution in [0.2, 0.25) is 0 Å². The lowest BCUT2D eigenvalue weighted by Gasteiger charge is -2.05. The largest absolute Gasteiger partial charge is 0.416 e. The maximum atomic E-state index is 13.5. The molecule has 24 heavy (non-hydrogen) atoms. The van der Waals surface area contributed by atoms with E-state index in [1.165, 1.54) is 30.5 Å². The van der Waals surface area contributed by atoms with Crippen molar-refractivity contribution >= 4 is 12.3 Å². The first kappa shape index (κ1) is 15.9. The summed E-state index contributed by atoms with van der Waals surface area (Å²) in [7, 11) is 0. The zero-order chi connectivity index (χ0) is 17.2. The van der Waals surface area contributed by atoms with Crippen LogP contribution < -0.4 is 0 Å². The van der Waals surface area contributed by atoms with Crippen molar-refractivity contribution in [3.05, 3.63) is 65.5 Å². The van der Waals surface area contributed by atoms with Gasteiger partial charge in [0.25, 0.3) is 0 Å². The number of halogens is 4. The molecule has 4 nitrogen and oxygen atoms in total. The molecule has 0 saturated heterocycles. The molecule has 0 aliphatic carbocycles. The van der Waals surface area contributed by atoms with Crippen LogP contribution in [0.1, 0.15) is 11.1 Å². The third-order valence-corrected chi connectivity index (χ3v) is 3.19. The van der Waals surface area contributed by atoms with Gasteiger partial charge < -0.3 is 0 Å². The van der Waals surface area contributed by atoms with E-state index >= 15 is 0 Å². The summed E-state index contributed by atoms with van der Waals surface area (Å²) >= 11 is 0. The number of nitrogens with zero attached hydrogens (tertiary/aromatic N) is 4. The Bertz CT molecular complexity index is 866. The molecule has 122 valence electrons. The van der Waals surface area contributed by atoms with E-state index in [1.807, 2.05) is 0 Å². The van der Waals surface area contributed by atoms with Gasteiger partial charge in [0.2, 0.25) is 5.82 Å². The van der Waals surface area contributed by atoms with E-state index in [4.69, 9.17) is 0 Å². The zero-order valence-corrected chi connectivity index (χ0v) is 12.1. The van der Waals surface area contributed by atoms with Crippen molar-refractivity contribution in [1.29, 1.82) is 0 Å². The van der Waals surface area contributed by atoms with Gasteiger partial charge in [-0.25, -0.2) is 4.39 Å². The average Bonchev–Trinajstić information content (AvgIpc) is 3.02. The number of benzene rings is 2. The number of hydrogen-bond donors (Lipinski definition) is 0. The van der Waals surface area contributed by atoms with Crippen molar-refractivity contribution < 1.29 is 17.6 Å². The summed E-state index contributed by atoms with van der Waals surface area (Å²) in [6.07, 6.45) is -1.53. The third-order valence-electron chi connectivity index (χ3n) is 3.19. The molecule has 3 aromatic rings. The van der Waals surface area contributed by atoms with Gasteiger partial charge in [-0.1, -0.05) is 30.3 Å². The van der Waals surface area contributed by atoms with Crippen LogP contribution in [-0.4, -0.2) is 20.2 Å². The Labute approximate surface area is 134 Å². The number of alkyl halides is 3. The highest BCUT2D eigenvalue weighted by molar-refractivity contribution is 5.60. The minimum atomic E-state index is -4.40. The summed E-state index contributed by atoms with van der Waals surface area (Å²) in [6.45, 7) is 0. The van der Waals surface area contributed by atoms with Crippen molar-refractivity contribution in [3.8, 4) is 11.4 Å². The summed E-state index contributed by atoms with van der Waals surface area (Å²) in [6, 6.07) is 10.6. The predicted molar refractivity (Wildman–Crippen MR) is 79.9 cm³/mol. The molecule has 0 bridgehead atoms. The molecule has 8 heteroatoms. The summed E-state index contributed by atoms with van der Waals surface area (Å²) in [4.78, 5) is 1.11. The van der Waals surface area contributed by atoms with E-state index in [-0.39, 0.29) is 5.82 Å². The fourth-order valence-electron chi connectivity index (χ4n) is 1.97. The average molecular weight is 334 g/mol. The Morgan fingerprint density at radius 3 is 2.33 bits per heavy atom. The molecule has 0 saturated carbocycles. The summed E-state index contributed by atoms with van der Waals surface area (Å²) in [5, 5.41) is 11.5. The van der Waals surface area contributed by atoms with Crippen LogP contribution in [0.4, 0.5) is 17.6 Å². The Morgan fingerprint density at radius 2 is 1.67 bits per heavy atom. The number of hydrogen-bond acceptors (Lipinski definition) is 3. The van der Waals surface area contributed by atoms with Crippen LogP contribution >= 0.6 is 0 Å². The molecule has 0 N–H and O–H groups in total. The van der Waals surface area contributed by atoms with Gasteiger partial charge in [-0.15, -0.1) is 15.0 Å². The highest BCUT2D eigenvalue weighted by Gasteiger charge is 2.30. The molecule has 0 aliphatic rings. The molecule has 0 fully saturated rings. The van der Waals surface area contributed by atoms with E-state index in [2.05, 4.69) is 15.4 Å².